The van der Waals surface area contributed by atoms with Crippen molar-refractivity contribution in [2.24, 2.45) is 5.73 Å². The van der Waals surface area contributed by atoms with E-state index in [2.05, 4.69) is 25.9 Å². The molecule has 0 radical (unpaired) electrons. The molecule has 1 aromatic carbocycles. The van der Waals surface area contributed by atoms with Gasteiger partial charge in [0.2, 0.25) is 0 Å². The second-order valence-electron chi connectivity index (χ2n) is 3.77. The third-order valence-electron chi connectivity index (χ3n) is 2.49. The smallest absolute Gasteiger partial charge is 0.176 e. The van der Waals surface area contributed by atoms with Crippen molar-refractivity contribution in [1.29, 1.82) is 0 Å². The molecule has 100 valence electrons. The van der Waals surface area contributed by atoms with Crippen molar-refractivity contribution < 1.29 is 9.47 Å². The highest BCUT2D eigenvalue weighted by Gasteiger charge is 2.12. The molecular weight excluding hydrogens is 310 g/mol. The Hall–Kier alpha value is -1.66. The van der Waals surface area contributed by atoms with Gasteiger partial charge in [0, 0.05) is 18.9 Å². The van der Waals surface area contributed by atoms with E-state index in [1.807, 2.05) is 12.1 Å². The summed E-state index contributed by atoms with van der Waals surface area (Å²) in [5.41, 5.74) is 6.59. The van der Waals surface area contributed by atoms with Gasteiger partial charge >= 0.3 is 0 Å². The molecule has 0 amide bonds. The van der Waals surface area contributed by atoms with Crippen LogP contribution in [-0.2, 0) is 13.2 Å². The Balaban J connectivity index is 2.20. The van der Waals surface area contributed by atoms with E-state index < -0.39 is 0 Å². The first-order valence-corrected chi connectivity index (χ1v) is 6.49. The molecule has 0 aliphatic carbocycles. The Kier molecular flexibility index (Phi) is 4.70. The highest BCUT2D eigenvalue weighted by atomic mass is 79.9. The third kappa shape index (κ3) is 3.42. The van der Waals surface area contributed by atoms with Crippen LogP contribution < -0.4 is 15.2 Å². The molecule has 0 aliphatic rings. The van der Waals surface area contributed by atoms with E-state index in [0.29, 0.717) is 23.9 Å². The summed E-state index contributed by atoms with van der Waals surface area (Å²) >= 11 is 3.45. The van der Waals surface area contributed by atoms with Crippen molar-refractivity contribution in [3.05, 3.63) is 46.5 Å². The predicted molar refractivity (Wildman–Crippen MR) is 74.9 cm³/mol. The average molecular weight is 324 g/mol. The summed E-state index contributed by atoms with van der Waals surface area (Å²) in [6.07, 6.45) is 3.35. The van der Waals surface area contributed by atoms with Crippen LogP contribution in [0.3, 0.4) is 0 Å². The highest BCUT2D eigenvalue weighted by Crippen LogP contribution is 2.36. The number of rotatable bonds is 5. The maximum absolute atomic E-state index is 5.71. The molecular formula is C13H14BrN3O2. The van der Waals surface area contributed by atoms with E-state index in [4.69, 9.17) is 15.2 Å². The first-order valence-electron chi connectivity index (χ1n) is 5.69. The lowest BCUT2D eigenvalue weighted by Crippen LogP contribution is -2.04. The Morgan fingerprint density at radius 2 is 2.00 bits per heavy atom. The molecule has 0 fully saturated rings. The molecule has 0 unspecified atom stereocenters. The second kappa shape index (κ2) is 6.49. The van der Waals surface area contributed by atoms with Crippen LogP contribution in [0.5, 0.6) is 11.5 Å². The lowest BCUT2D eigenvalue weighted by molar-refractivity contribution is 0.274. The minimum absolute atomic E-state index is 0.276. The number of ether oxygens (including phenoxy) is 2. The van der Waals surface area contributed by atoms with Gasteiger partial charge < -0.3 is 15.2 Å². The Morgan fingerprint density at radius 3 is 2.63 bits per heavy atom. The number of hydrogen-bond donors (Lipinski definition) is 1. The molecule has 2 N–H and O–H groups in total. The minimum Gasteiger partial charge on any atom is -0.493 e. The number of nitrogens with two attached hydrogens (primary N) is 1. The first kappa shape index (κ1) is 13.8. The molecule has 6 heteroatoms. The zero-order valence-electron chi connectivity index (χ0n) is 10.5. The van der Waals surface area contributed by atoms with Crippen LogP contribution >= 0.6 is 15.9 Å². The first-order chi connectivity index (χ1) is 9.24. The summed E-state index contributed by atoms with van der Waals surface area (Å²) in [5.74, 6) is 1.86. The normalized spacial score (nSPS) is 10.3. The SMILES string of the molecule is COc1cc(CN)cc(Br)c1OCc1ncccn1. The maximum Gasteiger partial charge on any atom is 0.176 e. The number of methoxy groups -OCH3 is 1. The highest BCUT2D eigenvalue weighted by molar-refractivity contribution is 9.10. The summed E-state index contributed by atoms with van der Waals surface area (Å²) in [6.45, 7) is 0.717. The van der Waals surface area contributed by atoms with Crippen molar-refractivity contribution in [1.82, 2.24) is 9.97 Å². The third-order valence-corrected chi connectivity index (χ3v) is 3.08. The molecule has 0 spiro atoms. The summed E-state index contributed by atoms with van der Waals surface area (Å²) in [5, 5.41) is 0. The lowest BCUT2D eigenvalue weighted by atomic mass is 10.2. The number of benzene rings is 1. The summed E-state index contributed by atoms with van der Waals surface area (Å²) in [4.78, 5) is 8.20. The molecule has 0 saturated heterocycles. The molecule has 0 atom stereocenters. The molecule has 2 rings (SSSR count). The van der Waals surface area contributed by atoms with E-state index in [0.717, 1.165) is 10.0 Å². The van der Waals surface area contributed by atoms with Gasteiger partial charge in [-0.3, -0.25) is 0 Å². The maximum atomic E-state index is 5.71. The summed E-state index contributed by atoms with van der Waals surface area (Å²) in [6, 6.07) is 5.52. The molecule has 2 aromatic rings. The molecule has 0 saturated carbocycles. The number of halogens is 1. The largest absolute Gasteiger partial charge is 0.493 e. The predicted octanol–water partition coefficient (Wildman–Crippen LogP) is 2.29. The van der Waals surface area contributed by atoms with E-state index in [1.165, 1.54) is 0 Å². The number of aromatic nitrogens is 2. The van der Waals surface area contributed by atoms with Crippen LogP contribution in [0, 0.1) is 0 Å². The fraction of sp³-hybridized carbons (Fsp3) is 0.231. The zero-order valence-corrected chi connectivity index (χ0v) is 12.1. The van der Waals surface area contributed by atoms with Gasteiger partial charge in [0.1, 0.15) is 6.61 Å². The van der Waals surface area contributed by atoms with E-state index in [-0.39, 0.29) is 6.61 Å². The van der Waals surface area contributed by atoms with Gasteiger partial charge in [-0.1, -0.05) is 0 Å². The number of hydrogen-bond acceptors (Lipinski definition) is 5. The van der Waals surface area contributed by atoms with Gasteiger partial charge in [-0.05, 0) is 39.7 Å². The molecule has 5 nitrogen and oxygen atoms in total. The van der Waals surface area contributed by atoms with Gasteiger partial charge in [0.05, 0.1) is 11.6 Å². The van der Waals surface area contributed by atoms with Crippen molar-refractivity contribution in [2.45, 2.75) is 13.2 Å². The lowest BCUT2D eigenvalue weighted by Gasteiger charge is -2.13. The van der Waals surface area contributed by atoms with Crippen LogP contribution in [0.4, 0.5) is 0 Å². The van der Waals surface area contributed by atoms with Gasteiger partial charge in [-0.2, -0.15) is 0 Å². The van der Waals surface area contributed by atoms with E-state index in [1.54, 1.807) is 25.6 Å². The topological polar surface area (TPSA) is 70.3 Å². The quantitative estimate of drug-likeness (QED) is 0.914. The van der Waals surface area contributed by atoms with Crippen molar-refractivity contribution >= 4 is 15.9 Å². The minimum atomic E-state index is 0.276. The monoisotopic (exact) mass is 323 g/mol. The molecule has 0 bridgehead atoms. The Morgan fingerprint density at radius 1 is 1.26 bits per heavy atom. The fourth-order valence-electron chi connectivity index (χ4n) is 1.57. The van der Waals surface area contributed by atoms with E-state index >= 15 is 0 Å². The zero-order chi connectivity index (χ0) is 13.7. The van der Waals surface area contributed by atoms with Gasteiger partial charge in [-0.15, -0.1) is 0 Å². The molecule has 1 aromatic heterocycles. The van der Waals surface area contributed by atoms with Crippen LogP contribution in [0.25, 0.3) is 0 Å². The van der Waals surface area contributed by atoms with Crippen LogP contribution in [0.2, 0.25) is 0 Å². The summed E-state index contributed by atoms with van der Waals surface area (Å²) < 4.78 is 11.8. The Bertz CT molecular complexity index is 549. The van der Waals surface area contributed by atoms with Crippen LogP contribution in [-0.4, -0.2) is 17.1 Å². The summed E-state index contributed by atoms with van der Waals surface area (Å²) in [7, 11) is 1.59. The molecule has 1 heterocycles. The molecule has 19 heavy (non-hydrogen) atoms. The van der Waals surface area contributed by atoms with Crippen molar-refractivity contribution in [3.63, 3.8) is 0 Å². The van der Waals surface area contributed by atoms with Crippen molar-refractivity contribution in [2.75, 3.05) is 7.11 Å². The average Bonchev–Trinajstić information content (AvgIpc) is 2.46. The van der Waals surface area contributed by atoms with E-state index in [9.17, 15) is 0 Å². The number of nitrogens with zero attached hydrogens (tertiary/aromatic N) is 2. The van der Waals surface area contributed by atoms with Crippen molar-refractivity contribution in [3.8, 4) is 11.5 Å². The standard InChI is InChI=1S/C13H14BrN3O2/c1-18-11-6-9(7-15)5-10(14)13(11)19-8-12-16-3-2-4-17-12/h2-6H,7-8,15H2,1H3. The van der Waals surface area contributed by atoms with Crippen LogP contribution in [0.15, 0.2) is 35.1 Å². The van der Waals surface area contributed by atoms with Gasteiger partial charge in [-0.25, -0.2) is 9.97 Å². The second-order valence-corrected chi connectivity index (χ2v) is 4.62. The van der Waals surface area contributed by atoms with Gasteiger partial charge in [0.15, 0.2) is 17.3 Å². The van der Waals surface area contributed by atoms with Gasteiger partial charge in [0.25, 0.3) is 0 Å². The van der Waals surface area contributed by atoms with Crippen LogP contribution in [0.1, 0.15) is 11.4 Å². The fourth-order valence-corrected chi connectivity index (χ4v) is 2.18. The molecule has 0 aliphatic heterocycles. The Labute approximate surface area is 119 Å².